The number of nitrogens with zero attached hydrogens (tertiary/aromatic N) is 2. The lowest BCUT2D eigenvalue weighted by molar-refractivity contribution is -0.433. The van der Waals surface area contributed by atoms with E-state index in [9.17, 15) is 0 Å². The van der Waals surface area contributed by atoms with Gasteiger partial charge in [0.1, 0.15) is 0 Å². The van der Waals surface area contributed by atoms with E-state index < -0.39 is 6.28 Å². The van der Waals surface area contributed by atoms with Crippen LogP contribution in [-0.2, 0) is 12.8 Å². The van der Waals surface area contributed by atoms with E-state index in [4.69, 9.17) is 4.37 Å². The van der Waals surface area contributed by atoms with E-state index in [0.29, 0.717) is 0 Å². The van der Waals surface area contributed by atoms with Gasteiger partial charge in [-0.3, -0.25) is 0 Å². The molecule has 38 heavy (non-hydrogen) atoms. The van der Waals surface area contributed by atoms with Crippen LogP contribution in [0.1, 0.15) is 101 Å². The molecular formula is C32H45BN2S3. The number of aromatic nitrogens is 2. The van der Waals surface area contributed by atoms with Crippen molar-refractivity contribution in [1.29, 1.82) is 0 Å². The zero-order valence-electron chi connectivity index (χ0n) is 24.0. The third-order valence-electron chi connectivity index (χ3n) is 8.48. The molecule has 1 aliphatic heterocycles. The molecule has 4 aromatic rings. The highest BCUT2D eigenvalue weighted by atomic mass is 32.1. The summed E-state index contributed by atoms with van der Waals surface area (Å²) in [5.74, 6) is 0. The van der Waals surface area contributed by atoms with Crippen LogP contribution in [0, 0.1) is 0 Å². The molecule has 5 rings (SSSR count). The van der Waals surface area contributed by atoms with Crippen LogP contribution in [0.4, 0.5) is 0 Å². The molecular weight excluding hydrogens is 519 g/mol. The first-order valence-corrected chi connectivity index (χ1v) is 17.7. The van der Waals surface area contributed by atoms with Crippen LogP contribution in [0.5, 0.6) is 0 Å². The van der Waals surface area contributed by atoms with Gasteiger partial charge in [-0.05, 0) is 49.9 Å². The smallest absolute Gasteiger partial charge is 0.242 e. The Morgan fingerprint density at radius 3 is 2.05 bits per heavy atom. The molecule has 0 atom stereocenters. The van der Waals surface area contributed by atoms with Crippen molar-refractivity contribution in [2.75, 3.05) is 0 Å². The van der Waals surface area contributed by atoms with E-state index >= 15 is 0 Å². The Kier molecular flexibility index (Phi) is 9.44. The van der Waals surface area contributed by atoms with E-state index in [0.717, 1.165) is 0 Å². The third-order valence-corrected chi connectivity index (χ3v) is 12.0. The first-order valence-electron chi connectivity index (χ1n) is 15.4. The highest BCUT2D eigenvalue weighted by Crippen LogP contribution is 2.41. The first kappa shape index (κ1) is 28.0. The summed E-state index contributed by atoms with van der Waals surface area (Å²) in [6.07, 6.45) is 17.9. The van der Waals surface area contributed by atoms with Crippen molar-refractivity contribution >= 4 is 57.2 Å². The molecule has 2 nitrogen and oxygen atoms in total. The second-order valence-electron chi connectivity index (χ2n) is 12.0. The van der Waals surface area contributed by atoms with Crippen molar-refractivity contribution in [1.82, 2.24) is 4.37 Å². The Morgan fingerprint density at radius 1 is 0.711 bits per heavy atom. The van der Waals surface area contributed by atoms with Crippen LogP contribution in [0.3, 0.4) is 0 Å². The third kappa shape index (κ3) is 5.83. The molecule has 1 aromatic carbocycles. The molecule has 6 heteroatoms. The van der Waals surface area contributed by atoms with Gasteiger partial charge in [0.15, 0.2) is 5.52 Å². The average Bonchev–Trinajstić information content (AvgIpc) is 3.66. The van der Waals surface area contributed by atoms with Crippen molar-refractivity contribution in [3.8, 4) is 20.9 Å². The lowest BCUT2D eigenvalue weighted by atomic mass is 9.34. The first-order chi connectivity index (χ1) is 18.5. The molecule has 4 heterocycles. The van der Waals surface area contributed by atoms with Crippen LogP contribution in [0.15, 0.2) is 30.3 Å². The van der Waals surface area contributed by atoms with E-state index in [1.807, 2.05) is 22.7 Å². The maximum absolute atomic E-state index is 5.08. The molecule has 0 saturated heterocycles. The summed E-state index contributed by atoms with van der Waals surface area (Å²) in [6.45, 7) is 9.47. The highest BCUT2D eigenvalue weighted by molar-refractivity contribution is 7.18. The second-order valence-corrected chi connectivity index (χ2v) is 15.0. The Labute approximate surface area is 242 Å². The number of hydrogen-bond donors (Lipinski definition) is 0. The zero-order chi connectivity index (χ0) is 26.5. The number of hydrogen-bond acceptors (Lipinski definition) is 4. The largest absolute Gasteiger partial charge is 0.363 e. The summed E-state index contributed by atoms with van der Waals surface area (Å²) in [4.78, 5) is 5.97. The normalized spacial score (nSPS) is 13.9. The van der Waals surface area contributed by atoms with Crippen LogP contribution in [0.25, 0.3) is 31.9 Å². The number of aryl methyl sites for hydroxylation is 2. The van der Waals surface area contributed by atoms with Crippen molar-refractivity contribution in [3.05, 3.63) is 40.1 Å². The van der Waals surface area contributed by atoms with Crippen molar-refractivity contribution in [2.45, 2.75) is 117 Å². The fourth-order valence-corrected chi connectivity index (χ4v) is 9.58. The second kappa shape index (κ2) is 12.8. The van der Waals surface area contributed by atoms with Crippen molar-refractivity contribution < 1.29 is 3.87 Å². The van der Waals surface area contributed by atoms with Gasteiger partial charge < -0.3 is 3.87 Å². The van der Waals surface area contributed by atoms with Crippen LogP contribution < -0.4 is 9.33 Å². The SMILES string of the molecule is CCCCCCCCc1ccc(-c2ccc3c4c2ns[n+]4[B-](C)(C)c2cc(CCCCCCCC)sc2-3)s1. The minimum atomic E-state index is -0.852. The standard InChI is InChI=1S/C32H45BN2S3/c1-5-7-9-11-13-15-17-24-19-22-29(36-24)26-20-21-27-31-30(26)34-38-35(31)33(3,4)28-23-25(37-32(27)28)18-16-14-12-10-8-6-2/h19-23H,5-18H2,1-4H3. The highest BCUT2D eigenvalue weighted by Gasteiger charge is 2.38. The Bertz CT molecular complexity index is 1350. The number of rotatable bonds is 15. The Hall–Kier alpha value is -1.50. The van der Waals surface area contributed by atoms with E-state index in [-0.39, 0.29) is 0 Å². The quantitative estimate of drug-likeness (QED) is 0.104. The molecule has 0 amide bonds. The lowest BCUT2D eigenvalue weighted by Crippen LogP contribution is -2.67. The summed E-state index contributed by atoms with van der Waals surface area (Å²) >= 11 is 5.71. The van der Waals surface area contributed by atoms with Gasteiger partial charge in [0.2, 0.25) is 23.5 Å². The number of benzene rings is 1. The minimum absolute atomic E-state index is 0.852. The van der Waals surface area contributed by atoms with Crippen LogP contribution in [0.2, 0.25) is 13.6 Å². The van der Waals surface area contributed by atoms with Crippen molar-refractivity contribution in [2.24, 2.45) is 0 Å². The zero-order valence-corrected chi connectivity index (χ0v) is 26.4. The topological polar surface area (TPSA) is 16.8 Å². The molecule has 0 unspecified atom stereocenters. The molecule has 0 N–H and O–H groups in total. The van der Waals surface area contributed by atoms with E-state index in [2.05, 4.69) is 61.7 Å². The predicted molar refractivity (Wildman–Crippen MR) is 173 cm³/mol. The maximum Gasteiger partial charge on any atom is 0.242 e. The van der Waals surface area contributed by atoms with Crippen LogP contribution in [-0.4, -0.2) is 10.7 Å². The van der Waals surface area contributed by atoms with Gasteiger partial charge in [0, 0.05) is 35.0 Å². The summed E-state index contributed by atoms with van der Waals surface area (Å²) in [5.41, 5.74) is 6.83. The fraction of sp³-hybridized carbons (Fsp3) is 0.562. The molecule has 0 aliphatic carbocycles. The van der Waals surface area contributed by atoms with Gasteiger partial charge in [-0.15, -0.1) is 41.8 Å². The molecule has 0 saturated carbocycles. The van der Waals surface area contributed by atoms with Crippen LogP contribution >= 0.6 is 34.4 Å². The maximum atomic E-state index is 5.08. The number of fused-ring (bicyclic) bond motifs is 2. The number of thiophene rings is 2. The molecule has 0 radical (unpaired) electrons. The van der Waals surface area contributed by atoms with Gasteiger partial charge in [-0.2, -0.15) is 0 Å². The van der Waals surface area contributed by atoms with E-state index in [1.165, 1.54) is 127 Å². The Balaban J connectivity index is 1.34. The van der Waals surface area contributed by atoms with Gasteiger partial charge in [-0.1, -0.05) is 84.1 Å². The predicted octanol–water partition coefficient (Wildman–Crippen LogP) is 10.1. The summed E-state index contributed by atoms with van der Waals surface area (Å²) in [5, 5.41) is 0. The molecule has 204 valence electrons. The molecule has 0 spiro atoms. The molecule has 3 aromatic heterocycles. The summed E-state index contributed by atoms with van der Waals surface area (Å²) in [6, 6.07) is 12.0. The minimum Gasteiger partial charge on any atom is -0.363 e. The summed E-state index contributed by atoms with van der Waals surface area (Å²) < 4.78 is 7.62. The van der Waals surface area contributed by atoms with Gasteiger partial charge in [0.25, 0.3) is 0 Å². The van der Waals surface area contributed by atoms with Crippen molar-refractivity contribution in [3.63, 3.8) is 0 Å². The molecule has 1 aliphatic rings. The monoisotopic (exact) mass is 564 g/mol. The molecule has 0 fully saturated rings. The van der Waals surface area contributed by atoms with E-state index in [1.54, 1.807) is 22.1 Å². The molecule has 0 bridgehead atoms. The number of unbranched alkanes of at least 4 members (excludes halogenated alkanes) is 10. The Morgan fingerprint density at radius 2 is 1.34 bits per heavy atom. The van der Waals surface area contributed by atoms with Gasteiger partial charge in [0.05, 0.1) is 0 Å². The van der Waals surface area contributed by atoms with Gasteiger partial charge >= 0.3 is 0 Å². The van der Waals surface area contributed by atoms with Gasteiger partial charge in [-0.25, -0.2) is 0 Å². The summed E-state index contributed by atoms with van der Waals surface area (Å²) in [7, 11) is 0. The lowest BCUT2D eigenvalue weighted by Gasteiger charge is -2.31. The average molecular weight is 565 g/mol. The fourth-order valence-electron chi connectivity index (χ4n) is 6.10.